The van der Waals surface area contributed by atoms with E-state index in [1.807, 2.05) is 13.0 Å². The number of likely N-dealkylation sites (tertiary alicyclic amines) is 2. The number of methoxy groups -OCH3 is 2. The second-order valence-electron chi connectivity index (χ2n) is 15.1. The van der Waals surface area contributed by atoms with Crippen molar-refractivity contribution in [1.29, 1.82) is 0 Å². The average Bonchev–Trinajstić information content (AvgIpc) is 3.79. The Labute approximate surface area is 323 Å². The summed E-state index contributed by atoms with van der Waals surface area (Å²) in [7, 11) is 2.70. The van der Waals surface area contributed by atoms with Gasteiger partial charge < -0.3 is 39.0 Å². The maximum Gasteiger partial charge on any atom is 0.408 e. The SMILES string of the molecule is COCC1CC(C(=O)OCC(=O)c2ccc3c(c2)COc2cc4c(cc2-3)CCC(OC(=O)[C@@H]2CC[C@H](C)N2C(=O)[C@@H](NC(=O)OC)C(C)C)C4=O)N(C(=O)O)C1. The molecule has 0 aromatic heterocycles. The number of ether oxygens (including phenoxy) is 5. The van der Waals surface area contributed by atoms with Gasteiger partial charge >= 0.3 is 24.1 Å². The van der Waals surface area contributed by atoms with E-state index in [-0.39, 0.29) is 55.2 Å². The van der Waals surface area contributed by atoms with Crippen LogP contribution in [-0.2, 0) is 46.4 Å². The Kier molecular flexibility index (Phi) is 12.0. The topological polar surface area (TPSA) is 204 Å². The minimum Gasteiger partial charge on any atom is -0.488 e. The molecule has 16 nitrogen and oxygen atoms in total. The van der Waals surface area contributed by atoms with E-state index < -0.39 is 66.7 Å². The molecular formula is C40H47N3O13. The van der Waals surface area contributed by atoms with Crippen LogP contribution in [0.25, 0.3) is 11.1 Å². The van der Waals surface area contributed by atoms with Gasteiger partial charge in [-0.1, -0.05) is 26.0 Å². The van der Waals surface area contributed by atoms with Crippen LogP contribution in [0.5, 0.6) is 5.75 Å². The number of hydrogen-bond donors (Lipinski definition) is 2. The van der Waals surface area contributed by atoms with Crippen molar-refractivity contribution in [2.24, 2.45) is 11.8 Å². The maximum atomic E-state index is 13.8. The lowest BCUT2D eigenvalue weighted by atomic mass is 9.84. The highest BCUT2D eigenvalue weighted by molar-refractivity contribution is 6.04. The molecule has 3 heterocycles. The van der Waals surface area contributed by atoms with Gasteiger partial charge in [-0.2, -0.15) is 0 Å². The number of benzene rings is 2. The molecule has 3 aliphatic heterocycles. The molecule has 2 N–H and O–H groups in total. The molecule has 0 spiro atoms. The van der Waals surface area contributed by atoms with E-state index in [4.69, 9.17) is 23.7 Å². The number of fused-ring (bicyclic) bond motifs is 4. The Hall–Kier alpha value is -5.51. The van der Waals surface area contributed by atoms with E-state index in [2.05, 4.69) is 5.32 Å². The largest absolute Gasteiger partial charge is 0.488 e. The van der Waals surface area contributed by atoms with Crippen molar-refractivity contribution in [3.05, 3.63) is 52.6 Å². The number of carboxylic acid groups (broad SMARTS) is 1. The summed E-state index contributed by atoms with van der Waals surface area (Å²) in [5, 5.41) is 12.1. The smallest absolute Gasteiger partial charge is 0.408 e. The number of rotatable bonds is 11. The van der Waals surface area contributed by atoms with Gasteiger partial charge in [0.05, 0.1) is 13.7 Å². The Bertz CT molecular complexity index is 1930. The predicted octanol–water partition coefficient (Wildman–Crippen LogP) is 3.79. The van der Waals surface area contributed by atoms with Gasteiger partial charge in [0.25, 0.3) is 0 Å². The fourth-order valence-corrected chi connectivity index (χ4v) is 8.10. The molecule has 2 saturated heterocycles. The van der Waals surface area contributed by atoms with Crippen molar-refractivity contribution < 1.29 is 62.4 Å². The molecule has 1 aliphatic carbocycles. The molecule has 6 atom stereocenters. The van der Waals surface area contributed by atoms with Gasteiger partial charge in [-0.15, -0.1) is 0 Å². The van der Waals surface area contributed by atoms with Crippen LogP contribution in [0.3, 0.4) is 0 Å². The van der Waals surface area contributed by atoms with Crippen LogP contribution in [-0.4, -0.2) is 121 Å². The number of Topliss-reactive ketones (excluding diaryl/α,β-unsaturated/α-hetero) is 2. The van der Waals surface area contributed by atoms with E-state index >= 15 is 0 Å². The molecule has 3 amide bonds. The van der Waals surface area contributed by atoms with Gasteiger partial charge in [-0.25, -0.2) is 19.2 Å². The molecule has 16 heteroatoms. The van der Waals surface area contributed by atoms with Crippen molar-refractivity contribution in [3.63, 3.8) is 0 Å². The standard InChI is InChI=1S/C40H47N3O13/c1-20(2)34(41-39(49)53-5)36(46)43-21(3)6-10-29(43)38(48)56-32-11-8-23-14-28-26-9-7-24(13-25(26)18-54-33(28)15-27(23)35(32)45)31(44)19-55-37(47)30-12-22(17-52-4)16-42(30)40(50)51/h7,9,13-15,20-22,29-30,32,34H,6,8,10-12,16-19H2,1-5H3,(H,41,49)(H,50,51)/t21-,22?,29-,30?,32?,34-/m0/s1. The third-order valence-corrected chi connectivity index (χ3v) is 11.0. The molecule has 0 radical (unpaired) electrons. The molecule has 0 saturated carbocycles. The second kappa shape index (κ2) is 16.7. The van der Waals surface area contributed by atoms with Crippen LogP contribution in [0.1, 0.15) is 78.3 Å². The summed E-state index contributed by atoms with van der Waals surface area (Å²) in [5.41, 5.74) is 3.66. The Morgan fingerprint density at radius 1 is 0.946 bits per heavy atom. The number of ketones is 2. The minimum absolute atomic E-state index is 0.0943. The minimum atomic E-state index is -1.25. The monoisotopic (exact) mass is 777 g/mol. The molecule has 2 aromatic rings. The van der Waals surface area contributed by atoms with Crippen molar-refractivity contribution in [2.45, 2.75) is 89.8 Å². The Morgan fingerprint density at radius 2 is 1.71 bits per heavy atom. The number of carbonyl (C=O) groups excluding carboxylic acids is 6. The van der Waals surface area contributed by atoms with E-state index in [0.29, 0.717) is 42.7 Å². The maximum absolute atomic E-state index is 13.8. The lowest BCUT2D eigenvalue weighted by Gasteiger charge is -2.33. The van der Waals surface area contributed by atoms with Crippen LogP contribution < -0.4 is 10.1 Å². The summed E-state index contributed by atoms with van der Waals surface area (Å²) in [5.74, 6) is -2.71. The lowest BCUT2D eigenvalue weighted by molar-refractivity contribution is -0.158. The molecule has 6 rings (SSSR count). The second-order valence-corrected chi connectivity index (χ2v) is 15.1. The van der Waals surface area contributed by atoms with Gasteiger partial charge in [0.15, 0.2) is 18.5 Å². The first-order chi connectivity index (χ1) is 26.7. The van der Waals surface area contributed by atoms with Gasteiger partial charge in [0.1, 0.15) is 30.5 Å². The van der Waals surface area contributed by atoms with E-state index in [9.17, 15) is 38.7 Å². The zero-order chi connectivity index (χ0) is 40.4. The van der Waals surface area contributed by atoms with Crippen molar-refractivity contribution >= 4 is 41.6 Å². The number of hydrogen-bond acceptors (Lipinski definition) is 12. The van der Waals surface area contributed by atoms with Crippen LogP contribution in [0.4, 0.5) is 9.59 Å². The number of esters is 2. The number of nitrogens with one attached hydrogen (secondary N) is 1. The Morgan fingerprint density at radius 3 is 2.41 bits per heavy atom. The highest BCUT2D eigenvalue weighted by atomic mass is 16.6. The fraction of sp³-hybridized carbons (Fsp3) is 0.525. The molecular weight excluding hydrogens is 730 g/mol. The summed E-state index contributed by atoms with van der Waals surface area (Å²) in [6, 6.07) is 5.42. The van der Waals surface area contributed by atoms with Crippen molar-refractivity contribution in [2.75, 3.05) is 34.0 Å². The molecule has 300 valence electrons. The molecule has 2 fully saturated rings. The van der Waals surface area contributed by atoms with E-state index in [1.54, 1.807) is 38.1 Å². The van der Waals surface area contributed by atoms with Gasteiger partial charge in [-0.3, -0.25) is 19.3 Å². The zero-order valence-electron chi connectivity index (χ0n) is 32.0. The first-order valence-corrected chi connectivity index (χ1v) is 18.7. The molecule has 0 bridgehead atoms. The third-order valence-electron chi connectivity index (χ3n) is 11.0. The van der Waals surface area contributed by atoms with Gasteiger partial charge in [0, 0.05) is 42.3 Å². The third kappa shape index (κ3) is 8.06. The summed E-state index contributed by atoms with van der Waals surface area (Å²) >= 11 is 0. The first-order valence-electron chi connectivity index (χ1n) is 18.7. The summed E-state index contributed by atoms with van der Waals surface area (Å²) < 4.78 is 26.9. The molecule has 2 aromatic carbocycles. The summed E-state index contributed by atoms with van der Waals surface area (Å²) in [4.78, 5) is 92.9. The number of amides is 3. The van der Waals surface area contributed by atoms with Crippen molar-refractivity contribution in [1.82, 2.24) is 15.1 Å². The summed E-state index contributed by atoms with van der Waals surface area (Å²) in [6.45, 7) is 5.35. The fourth-order valence-electron chi connectivity index (χ4n) is 8.10. The van der Waals surface area contributed by atoms with E-state index in [0.717, 1.165) is 21.6 Å². The number of aryl methyl sites for hydroxylation is 1. The quantitative estimate of drug-likeness (QED) is 0.190. The Balaban J connectivity index is 1.11. The molecule has 4 aliphatic rings. The van der Waals surface area contributed by atoms with Gasteiger partial charge in [0.2, 0.25) is 11.7 Å². The lowest BCUT2D eigenvalue weighted by Crippen LogP contribution is -2.56. The van der Waals surface area contributed by atoms with Crippen LogP contribution >= 0.6 is 0 Å². The van der Waals surface area contributed by atoms with Crippen LogP contribution in [0, 0.1) is 11.8 Å². The molecule has 56 heavy (non-hydrogen) atoms. The van der Waals surface area contributed by atoms with Crippen LogP contribution in [0.2, 0.25) is 0 Å². The first kappa shape index (κ1) is 40.2. The number of carbonyl (C=O) groups is 7. The average molecular weight is 778 g/mol. The van der Waals surface area contributed by atoms with Crippen LogP contribution in [0.15, 0.2) is 30.3 Å². The van der Waals surface area contributed by atoms with Crippen molar-refractivity contribution in [3.8, 4) is 16.9 Å². The van der Waals surface area contributed by atoms with E-state index in [1.165, 1.54) is 19.1 Å². The summed E-state index contributed by atoms with van der Waals surface area (Å²) in [6.07, 6.45) is -1.25. The van der Waals surface area contributed by atoms with Gasteiger partial charge in [-0.05, 0) is 79.8 Å². The zero-order valence-corrected chi connectivity index (χ0v) is 32.0. The predicted molar refractivity (Wildman–Crippen MR) is 196 cm³/mol. The highest BCUT2D eigenvalue weighted by Gasteiger charge is 2.45. The normalized spacial score (nSPS) is 23.0. The highest BCUT2D eigenvalue weighted by Crippen LogP contribution is 2.42. The molecule has 3 unspecified atom stereocenters. The number of nitrogens with zero attached hydrogens (tertiary/aromatic N) is 2. The number of alkyl carbamates (subject to hydrolysis) is 1.